The number of nitrogens with one attached hydrogen (secondary N) is 1. The molecule has 0 unspecified atom stereocenters. The Labute approximate surface area is 103 Å². The van der Waals surface area contributed by atoms with E-state index in [-0.39, 0.29) is 11.4 Å². The number of halogens is 1. The quantitative estimate of drug-likeness (QED) is 0.841. The zero-order valence-corrected chi connectivity index (χ0v) is 11.0. The molecule has 1 nitrogen and oxygen atoms in total. The van der Waals surface area contributed by atoms with Gasteiger partial charge in [0.15, 0.2) is 0 Å². The summed E-state index contributed by atoms with van der Waals surface area (Å²) < 4.78 is 13.6. The van der Waals surface area contributed by atoms with E-state index in [2.05, 4.69) is 26.1 Å². The van der Waals surface area contributed by atoms with Crippen molar-refractivity contribution < 1.29 is 4.39 Å². The molecule has 0 bridgehead atoms. The molecule has 1 aliphatic rings. The van der Waals surface area contributed by atoms with Gasteiger partial charge in [-0.15, -0.1) is 0 Å². The average molecular weight is 235 g/mol. The summed E-state index contributed by atoms with van der Waals surface area (Å²) in [5, 5.41) is 3.54. The van der Waals surface area contributed by atoms with E-state index in [0.717, 1.165) is 18.5 Å². The van der Waals surface area contributed by atoms with Gasteiger partial charge in [-0.2, -0.15) is 0 Å². The van der Waals surface area contributed by atoms with Gasteiger partial charge in [-0.05, 0) is 57.1 Å². The summed E-state index contributed by atoms with van der Waals surface area (Å²) in [6.07, 6.45) is 3.29. The van der Waals surface area contributed by atoms with Gasteiger partial charge >= 0.3 is 0 Å². The van der Waals surface area contributed by atoms with Crippen molar-refractivity contribution in [3.05, 3.63) is 35.6 Å². The first-order valence-electron chi connectivity index (χ1n) is 6.39. The topological polar surface area (TPSA) is 12.0 Å². The lowest BCUT2D eigenvalue weighted by molar-refractivity contribution is 0.354. The van der Waals surface area contributed by atoms with Gasteiger partial charge < -0.3 is 5.32 Å². The SMILES string of the molecule is CC(C)(C)NCC1(Cc2ccccc2F)CC1. The highest BCUT2D eigenvalue weighted by Gasteiger charge is 2.43. The smallest absolute Gasteiger partial charge is 0.126 e. The molecule has 0 radical (unpaired) electrons. The molecule has 0 amide bonds. The second-order valence-corrected chi connectivity index (χ2v) is 6.37. The molecule has 0 heterocycles. The Hall–Kier alpha value is -0.890. The Balaban J connectivity index is 1.97. The lowest BCUT2D eigenvalue weighted by atomic mass is 9.95. The first kappa shape index (κ1) is 12.6. The van der Waals surface area contributed by atoms with Crippen molar-refractivity contribution in [3.63, 3.8) is 0 Å². The summed E-state index contributed by atoms with van der Waals surface area (Å²) in [6, 6.07) is 7.15. The van der Waals surface area contributed by atoms with Gasteiger partial charge in [-0.3, -0.25) is 0 Å². The fourth-order valence-corrected chi connectivity index (χ4v) is 2.09. The molecule has 1 aliphatic carbocycles. The van der Waals surface area contributed by atoms with Gasteiger partial charge in [-0.25, -0.2) is 4.39 Å². The Bertz CT molecular complexity index is 388. The molecule has 0 aliphatic heterocycles. The van der Waals surface area contributed by atoms with Crippen LogP contribution >= 0.6 is 0 Å². The molecule has 94 valence electrons. The molecule has 1 aromatic carbocycles. The second-order valence-electron chi connectivity index (χ2n) is 6.37. The predicted octanol–water partition coefficient (Wildman–Crippen LogP) is 3.54. The summed E-state index contributed by atoms with van der Waals surface area (Å²) in [4.78, 5) is 0. The van der Waals surface area contributed by atoms with E-state index >= 15 is 0 Å². The van der Waals surface area contributed by atoms with Gasteiger partial charge in [0, 0.05) is 12.1 Å². The minimum absolute atomic E-state index is 0.0606. The Morgan fingerprint density at radius 3 is 2.41 bits per heavy atom. The molecule has 1 aromatic rings. The van der Waals surface area contributed by atoms with Crippen LogP contribution in [0.1, 0.15) is 39.2 Å². The number of rotatable bonds is 4. The van der Waals surface area contributed by atoms with E-state index < -0.39 is 0 Å². The minimum atomic E-state index is -0.0606. The molecule has 1 saturated carbocycles. The normalized spacial score (nSPS) is 18.1. The van der Waals surface area contributed by atoms with E-state index in [1.54, 1.807) is 12.1 Å². The van der Waals surface area contributed by atoms with Gasteiger partial charge in [0.05, 0.1) is 0 Å². The van der Waals surface area contributed by atoms with Crippen LogP contribution in [0.5, 0.6) is 0 Å². The number of hydrogen-bond donors (Lipinski definition) is 1. The van der Waals surface area contributed by atoms with E-state index in [4.69, 9.17) is 0 Å². The standard InChI is InChI=1S/C15H22FN/c1-14(2,3)17-11-15(8-9-15)10-12-6-4-5-7-13(12)16/h4-7,17H,8-11H2,1-3H3. The van der Waals surface area contributed by atoms with Crippen LogP contribution in [0.3, 0.4) is 0 Å². The molecule has 0 spiro atoms. The van der Waals surface area contributed by atoms with Crippen LogP contribution in [-0.2, 0) is 6.42 Å². The zero-order chi connectivity index (χ0) is 12.5. The number of benzene rings is 1. The first-order chi connectivity index (χ1) is 7.90. The van der Waals surface area contributed by atoms with Crippen LogP contribution in [-0.4, -0.2) is 12.1 Å². The third kappa shape index (κ3) is 3.53. The van der Waals surface area contributed by atoms with E-state index in [9.17, 15) is 4.39 Å². The maximum atomic E-state index is 13.6. The van der Waals surface area contributed by atoms with Crippen LogP contribution in [0.25, 0.3) is 0 Å². The molecule has 2 heteroatoms. The average Bonchev–Trinajstić information content (AvgIpc) is 2.99. The zero-order valence-electron chi connectivity index (χ0n) is 11.0. The molecular weight excluding hydrogens is 213 g/mol. The van der Waals surface area contributed by atoms with E-state index in [1.165, 1.54) is 12.8 Å². The minimum Gasteiger partial charge on any atom is -0.312 e. The first-order valence-corrected chi connectivity index (χ1v) is 6.39. The van der Waals surface area contributed by atoms with Crippen LogP contribution in [0, 0.1) is 11.2 Å². The molecule has 1 N–H and O–H groups in total. The van der Waals surface area contributed by atoms with Crippen molar-refractivity contribution >= 4 is 0 Å². The third-order valence-electron chi connectivity index (χ3n) is 3.47. The van der Waals surface area contributed by atoms with E-state index in [0.29, 0.717) is 5.41 Å². The van der Waals surface area contributed by atoms with Crippen molar-refractivity contribution in [2.45, 2.75) is 45.6 Å². The van der Waals surface area contributed by atoms with Crippen molar-refractivity contribution in [2.24, 2.45) is 5.41 Å². The van der Waals surface area contributed by atoms with Crippen LogP contribution in [0.4, 0.5) is 4.39 Å². The maximum Gasteiger partial charge on any atom is 0.126 e. The van der Waals surface area contributed by atoms with Gasteiger partial charge in [-0.1, -0.05) is 18.2 Å². The van der Waals surface area contributed by atoms with Gasteiger partial charge in [0.2, 0.25) is 0 Å². The second kappa shape index (κ2) is 4.41. The van der Waals surface area contributed by atoms with Crippen molar-refractivity contribution in [2.75, 3.05) is 6.54 Å². The molecule has 17 heavy (non-hydrogen) atoms. The lowest BCUT2D eigenvalue weighted by Crippen LogP contribution is -2.40. The highest BCUT2D eigenvalue weighted by molar-refractivity contribution is 5.21. The Morgan fingerprint density at radius 2 is 1.88 bits per heavy atom. The molecule has 1 fully saturated rings. The number of hydrogen-bond acceptors (Lipinski definition) is 1. The monoisotopic (exact) mass is 235 g/mol. The van der Waals surface area contributed by atoms with Crippen LogP contribution in [0.2, 0.25) is 0 Å². The van der Waals surface area contributed by atoms with Crippen LogP contribution < -0.4 is 5.32 Å². The molecule has 0 aromatic heterocycles. The van der Waals surface area contributed by atoms with Crippen molar-refractivity contribution in [3.8, 4) is 0 Å². The molecular formula is C15H22FN. The summed E-state index contributed by atoms with van der Waals surface area (Å²) in [6.45, 7) is 7.51. The largest absolute Gasteiger partial charge is 0.312 e. The summed E-state index contributed by atoms with van der Waals surface area (Å²) in [7, 11) is 0. The molecule has 0 saturated heterocycles. The third-order valence-corrected chi connectivity index (χ3v) is 3.47. The lowest BCUT2D eigenvalue weighted by Gasteiger charge is -2.25. The summed E-state index contributed by atoms with van der Waals surface area (Å²) >= 11 is 0. The van der Waals surface area contributed by atoms with Gasteiger partial charge in [0.1, 0.15) is 5.82 Å². The van der Waals surface area contributed by atoms with Crippen molar-refractivity contribution in [1.82, 2.24) is 5.32 Å². The highest BCUT2D eigenvalue weighted by atomic mass is 19.1. The summed E-state index contributed by atoms with van der Waals surface area (Å²) in [5.41, 5.74) is 1.31. The predicted molar refractivity (Wildman–Crippen MR) is 69.5 cm³/mol. The molecule has 0 atom stereocenters. The fraction of sp³-hybridized carbons (Fsp3) is 0.600. The van der Waals surface area contributed by atoms with Crippen molar-refractivity contribution in [1.29, 1.82) is 0 Å². The van der Waals surface area contributed by atoms with Gasteiger partial charge in [0.25, 0.3) is 0 Å². The highest BCUT2D eigenvalue weighted by Crippen LogP contribution is 2.48. The molecule has 2 rings (SSSR count). The van der Waals surface area contributed by atoms with E-state index in [1.807, 2.05) is 12.1 Å². The summed E-state index contributed by atoms with van der Waals surface area (Å²) in [5.74, 6) is -0.0606. The Kier molecular flexibility index (Phi) is 3.26. The Morgan fingerprint density at radius 1 is 1.24 bits per heavy atom. The maximum absolute atomic E-state index is 13.6. The fourth-order valence-electron chi connectivity index (χ4n) is 2.09. The van der Waals surface area contributed by atoms with Crippen LogP contribution in [0.15, 0.2) is 24.3 Å².